The second-order valence-electron chi connectivity index (χ2n) is 5.00. The molecular weight excluding hydrogens is 298 g/mol. The number of nitrogens with one attached hydrogen (secondary N) is 1. The Morgan fingerprint density at radius 3 is 2.68 bits per heavy atom. The van der Waals surface area contributed by atoms with E-state index in [4.69, 9.17) is 11.6 Å². The third-order valence-electron chi connectivity index (χ3n) is 3.41. The van der Waals surface area contributed by atoms with Crippen molar-refractivity contribution in [2.45, 2.75) is 13.3 Å². The van der Waals surface area contributed by atoms with Gasteiger partial charge in [0.1, 0.15) is 11.5 Å². The maximum Gasteiger partial charge on any atom is 0.267 e. The van der Waals surface area contributed by atoms with E-state index in [0.717, 1.165) is 18.5 Å². The Morgan fingerprint density at radius 2 is 1.95 bits per heavy atom. The fourth-order valence-electron chi connectivity index (χ4n) is 2.34. The first-order chi connectivity index (χ1) is 10.7. The van der Waals surface area contributed by atoms with Crippen molar-refractivity contribution in [2.24, 2.45) is 0 Å². The first-order valence-corrected chi connectivity index (χ1v) is 7.59. The van der Waals surface area contributed by atoms with Gasteiger partial charge < -0.3 is 5.32 Å². The van der Waals surface area contributed by atoms with E-state index in [1.165, 1.54) is 0 Å². The number of halogens is 1. The third-order valence-corrected chi connectivity index (χ3v) is 3.66. The van der Waals surface area contributed by atoms with Gasteiger partial charge in [0.05, 0.1) is 5.56 Å². The molecule has 1 N–H and O–H groups in total. The molecule has 0 spiro atoms. The van der Waals surface area contributed by atoms with Gasteiger partial charge in [0.15, 0.2) is 0 Å². The molecule has 0 bridgehead atoms. The van der Waals surface area contributed by atoms with Crippen molar-refractivity contribution >= 4 is 23.1 Å². The molecule has 3 rings (SSSR count). The molecule has 0 saturated carbocycles. The lowest BCUT2D eigenvalue weighted by Crippen LogP contribution is -2.20. The van der Waals surface area contributed by atoms with Gasteiger partial charge in [0.2, 0.25) is 0 Å². The largest absolute Gasteiger partial charge is 0.369 e. The standard InChI is InChI=1S/C17H16ClN3O/c1-2-10-19-16-15(12-6-8-13(18)9-7-12)17(22)21-11-4-3-5-14(21)20-16/h3-9,11,19H,2,10H2,1H3. The number of anilines is 1. The molecule has 0 aliphatic heterocycles. The van der Waals surface area contributed by atoms with Gasteiger partial charge in [0.25, 0.3) is 5.56 Å². The predicted octanol–water partition coefficient (Wildman–Crippen LogP) is 3.84. The zero-order valence-electron chi connectivity index (χ0n) is 12.2. The lowest BCUT2D eigenvalue weighted by atomic mass is 10.1. The molecule has 0 saturated heterocycles. The van der Waals surface area contributed by atoms with Crippen LogP contribution in [0.25, 0.3) is 16.8 Å². The van der Waals surface area contributed by atoms with E-state index in [-0.39, 0.29) is 5.56 Å². The van der Waals surface area contributed by atoms with Crippen LogP contribution in [0.5, 0.6) is 0 Å². The molecule has 112 valence electrons. The van der Waals surface area contributed by atoms with Crippen LogP contribution in [0.15, 0.2) is 53.5 Å². The zero-order chi connectivity index (χ0) is 15.5. The molecule has 2 aromatic heterocycles. The first-order valence-electron chi connectivity index (χ1n) is 7.22. The lowest BCUT2D eigenvalue weighted by molar-refractivity contribution is 0.960. The van der Waals surface area contributed by atoms with Crippen molar-refractivity contribution in [1.29, 1.82) is 0 Å². The molecular formula is C17H16ClN3O. The van der Waals surface area contributed by atoms with Gasteiger partial charge in [-0.1, -0.05) is 36.7 Å². The average molecular weight is 314 g/mol. The van der Waals surface area contributed by atoms with Crippen molar-refractivity contribution in [3.63, 3.8) is 0 Å². The van der Waals surface area contributed by atoms with E-state index in [1.54, 1.807) is 22.7 Å². The summed E-state index contributed by atoms with van der Waals surface area (Å²) in [5.41, 5.74) is 1.91. The second kappa shape index (κ2) is 6.20. The lowest BCUT2D eigenvalue weighted by Gasteiger charge is -2.12. The highest BCUT2D eigenvalue weighted by Gasteiger charge is 2.14. The normalized spacial score (nSPS) is 10.8. The molecule has 5 heteroatoms. The number of hydrogen-bond acceptors (Lipinski definition) is 3. The SMILES string of the molecule is CCCNc1nc2ccccn2c(=O)c1-c1ccc(Cl)cc1. The summed E-state index contributed by atoms with van der Waals surface area (Å²) in [5, 5.41) is 3.89. The molecule has 0 radical (unpaired) electrons. The molecule has 0 fully saturated rings. The topological polar surface area (TPSA) is 46.4 Å². The van der Waals surface area contributed by atoms with Gasteiger partial charge in [0, 0.05) is 17.8 Å². The van der Waals surface area contributed by atoms with Crippen LogP contribution in [-0.2, 0) is 0 Å². The molecule has 3 aromatic rings. The van der Waals surface area contributed by atoms with Crippen LogP contribution < -0.4 is 10.9 Å². The van der Waals surface area contributed by atoms with E-state index in [2.05, 4.69) is 17.2 Å². The third kappa shape index (κ3) is 2.70. The van der Waals surface area contributed by atoms with Crippen LogP contribution in [0, 0.1) is 0 Å². The Kier molecular flexibility index (Phi) is 4.11. The summed E-state index contributed by atoms with van der Waals surface area (Å²) in [5.74, 6) is 0.611. The molecule has 0 aliphatic rings. The predicted molar refractivity (Wildman–Crippen MR) is 90.7 cm³/mol. The Hall–Kier alpha value is -2.33. The van der Waals surface area contributed by atoms with Crippen LogP contribution in [0.3, 0.4) is 0 Å². The Morgan fingerprint density at radius 1 is 1.18 bits per heavy atom. The van der Waals surface area contributed by atoms with Gasteiger partial charge in [-0.05, 0) is 36.2 Å². The molecule has 22 heavy (non-hydrogen) atoms. The van der Waals surface area contributed by atoms with Crippen LogP contribution in [-0.4, -0.2) is 15.9 Å². The monoisotopic (exact) mass is 313 g/mol. The molecule has 1 aromatic carbocycles. The molecule has 2 heterocycles. The highest BCUT2D eigenvalue weighted by atomic mass is 35.5. The zero-order valence-corrected chi connectivity index (χ0v) is 13.0. The van der Waals surface area contributed by atoms with Crippen LogP contribution in [0.1, 0.15) is 13.3 Å². The molecule has 0 amide bonds. The summed E-state index contributed by atoms with van der Waals surface area (Å²) in [6, 6.07) is 12.7. The minimum absolute atomic E-state index is 0.0912. The highest BCUT2D eigenvalue weighted by molar-refractivity contribution is 6.30. The summed E-state index contributed by atoms with van der Waals surface area (Å²) in [6.07, 6.45) is 2.68. The molecule has 4 nitrogen and oxygen atoms in total. The van der Waals surface area contributed by atoms with Crippen LogP contribution in [0.2, 0.25) is 5.02 Å². The smallest absolute Gasteiger partial charge is 0.267 e. The quantitative estimate of drug-likeness (QED) is 0.796. The Labute approximate surface area is 133 Å². The number of rotatable bonds is 4. The summed E-state index contributed by atoms with van der Waals surface area (Å²) < 4.78 is 1.56. The first kappa shape index (κ1) is 14.6. The fourth-order valence-corrected chi connectivity index (χ4v) is 2.46. The van der Waals surface area contributed by atoms with Crippen molar-refractivity contribution in [3.05, 3.63) is 64.0 Å². The number of aromatic nitrogens is 2. The molecule has 0 aliphatic carbocycles. The number of fused-ring (bicyclic) bond motifs is 1. The molecule has 0 atom stereocenters. The van der Waals surface area contributed by atoms with E-state index < -0.39 is 0 Å². The van der Waals surface area contributed by atoms with E-state index >= 15 is 0 Å². The summed E-state index contributed by atoms with van der Waals surface area (Å²) in [6.45, 7) is 2.83. The van der Waals surface area contributed by atoms with Gasteiger partial charge in [-0.3, -0.25) is 9.20 Å². The average Bonchev–Trinajstić information content (AvgIpc) is 2.54. The summed E-state index contributed by atoms with van der Waals surface area (Å²) in [7, 11) is 0. The maximum atomic E-state index is 12.8. The van der Waals surface area contributed by atoms with E-state index in [9.17, 15) is 4.79 Å². The van der Waals surface area contributed by atoms with Gasteiger partial charge in [-0.15, -0.1) is 0 Å². The number of pyridine rings is 1. The molecule has 0 unspecified atom stereocenters. The van der Waals surface area contributed by atoms with Crippen molar-refractivity contribution in [1.82, 2.24) is 9.38 Å². The summed E-state index contributed by atoms with van der Waals surface area (Å²) >= 11 is 5.94. The number of hydrogen-bond donors (Lipinski definition) is 1. The number of nitrogens with zero attached hydrogens (tertiary/aromatic N) is 2. The highest BCUT2D eigenvalue weighted by Crippen LogP contribution is 2.25. The van der Waals surface area contributed by atoms with Crippen LogP contribution >= 0.6 is 11.6 Å². The minimum Gasteiger partial charge on any atom is -0.369 e. The van der Waals surface area contributed by atoms with Crippen molar-refractivity contribution in [3.8, 4) is 11.1 Å². The number of benzene rings is 1. The maximum absolute atomic E-state index is 12.8. The van der Waals surface area contributed by atoms with Gasteiger partial charge in [-0.25, -0.2) is 4.98 Å². The van der Waals surface area contributed by atoms with Crippen LogP contribution in [0.4, 0.5) is 5.82 Å². The van der Waals surface area contributed by atoms with Crippen molar-refractivity contribution in [2.75, 3.05) is 11.9 Å². The Bertz CT molecular complexity index is 856. The minimum atomic E-state index is -0.0912. The Balaban J connectivity index is 2.27. The summed E-state index contributed by atoms with van der Waals surface area (Å²) in [4.78, 5) is 17.4. The van der Waals surface area contributed by atoms with Crippen molar-refractivity contribution < 1.29 is 0 Å². The van der Waals surface area contributed by atoms with Gasteiger partial charge in [-0.2, -0.15) is 0 Å². The van der Waals surface area contributed by atoms with E-state index in [0.29, 0.717) is 22.1 Å². The second-order valence-corrected chi connectivity index (χ2v) is 5.44. The van der Waals surface area contributed by atoms with E-state index in [1.807, 2.05) is 30.3 Å². The van der Waals surface area contributed by atoms with Gasteiger partial charge >= 0.3 is 0 Å². The fraction of sp³-hybridized carbons (Fsp3) is 0.176.